The van der Waals surface area contributed by atoms with Gasteiger partial charge in [-0.3, -0.25) is 4.79 Å². The van der Waals surface area contributed by atoms with E-state index in [1.54, 1.807) is 10.9 Å². The highest BCUT2D eigenvalue weighted by atomic mass is 32.2. The van der Waals surface area contributed by atoms with E-state index in [9.17, 15) is 4.79 Å². The Morgan fingerprint density at radius 2 is 2.21 bits per heavy atom. The SMILES string of the molecule is O=C1Nc2ccccc2CC[C@@H]1Sc1nnnn1Cc1ccco1. The summed E-state index contributed by atoms with van der Waals surface area (Å²) >= 11 is 1.38. The van der Waals surface area contributed by atoms with Crippen molar-refractivity contribution in [2.75, 3.05) is 5.32 Å². The third-order valence-corrected chi connectivity index (χ3v) is 5.11. The smallest absolute Gasteiger partial charge is 0.237 e. The Labute approximate surface area is 142 Å². The van der Waals surface area contributed by atoms with Gasteiger partial charge in [-0.05, 0) is 47.0 Å². The minimum absolute atomic E-state index is 0.0162. The van der Waals surface area contributed by atoms with Crippen LogP contribution in [0.2, 0.25) is 0 Å². The van der Waals surface area contributed by atoms with Crippen LogP contribution < -0.4 is 5.32 Å². The Hall–Kier alpha value is -2.61. The van der Waals surface area contributed by atoms with E-state index < -0.39 is 0 Å². The predicted octanol–water partition coefficient (Wildman–Crippen LogP) is 2.36. The van der Waals surface area contributed by atoms with Crippen molar-refractivity contribution in [2.45, 2.75) is 29.8 Å². The fourth-order valence-electron chi connectivity index (χ4n) is 2.66. The van der Waals surface area contributed by atoms with Gasteiger partial charge in [-0.15, -0.1) is 5.10 Å². The van der Waals surface area contributed by atoms with Crippen LogP contribution in [0.1, 0.15) is 17.7 Å². The van der Waals surface area contributed by atoms with Gasteiger partial charge in [0.15, 0.2) is 0 Å². The normalized spacial score (nSPS) is 17.2. The van der Waals surface area contributed by atoms with Gasteiger partial charge in [-0.25, -0.2) is 4.68 Å². The highest BCUT2D eigenvalue weighted by Crippen LogP contribution is 2.30. The number of thioether (sulfide) groups is 1. The number of hydrogen-bond donors (Lipinski definition) is 1. The number of para-hydroxylation sites is 1. The topological polar surface area (TPSA) is 85.8 Å². The molecule has 7 nitrogen and oxygen atoms in total. The molecule has 1 atom stereocenters. The Morgan fingerprint density at radius 1 is 1.29 bits per heavy atom. The Balaban J connectivity index is 1.50. The van der Waals surface area contributed by atoms with Crippen LogP contribution in [0.5, 0.6) is 0 Å². The molecule has 3 heterocycles. The van der Waals surface area contributed by atoms with Gasteiger partial charge in [-0.1, -0.05) is 30.0 Å². The number of carbonyl (C=O) groups is 1. The second-order valence-corrected chi connectivity index (χ2v) is 6.66. The van der Waals surface area contributed by atoms with Crippen molar-refractivity contribution < 1.29 is 9.21 Å². The highest BCUT2D eigenvalue weighted by molar-refractivity contribution is 8.00. The van der Waals surface area contributed by atoms with Crippen LogP contribution in [0.4, 0.5) is 5.69 Å². The number of rotatable bonds is 4. The van der Waals surface area contributed by atoms with Gasteiger partial charge in [0.2, 0.25) is 11.1 Å². The number of carbonyl (C=O) groups excluding carboxylic acids is 1. The first-order valence-corrected chi connectivity index (χ1v) is 8.51. The van der Waals surface area contributed by atoms with E-state index in [2.05, 4.69) is 20.8 Å². The van der Waals surface area contributed by atoms with Crippen LogP contribution in [0.25, 0.3) is 0 Å². The highest BCUT2D eigenvalue weighted by Gasteiger charge is 2.26. The number of nitrogens with one attached hydrogen (secondary N) is 1. The number of anilines is 1. The molecule has 0 aliphatic carbocycles. The van der Waals surface area contributed by atoms with Gasteiger partial charge in [-0.2, -0.15) is 0 Å². The van der Waals surface area contributed by atoms with Crippen LogP contribution in [0.15, 0.2) is 52.2 Å². The summed E-state index contributed by atoms with van der Waals surface area (Å²) in [5, 5.41) is 15.1. The van der Waals surface area contributed by atoms with Gasteiger partial charge in [0.25, 0.3) is 0 Å². The van der Waals surface area contributed by atoms with Crippen LogP contribution in [-0.4, -0.2) is 31.4 Å². The molecular weight excluding hydrogens is 326 g/mol. The van der Waals surface area contributed by atoms with Crippen LogP contribution in [-0.2, 0) is 17.8 Å². The number of aromatic nitrogens is 4. The second kappa shape index (κ2) is 6.48. The summed E-state index contributed by atoms with van der Waals surface area (Å²) in [6, 6.07) is 11.6. The lowest BCUT2D eigenvalue weighted by Gasteiger charge is -2.11. The largest absolute Gasteiger partial charge is 0.467 e. The van der Waals surface area contributed by atoms with Crippen LogP contribution >= 0.6 is 11.8 Å². The molecule has 0 saturated carbocycles. The summed E-state index contributed by atoms with van der Waals surface area (Å²) in [7, 11) is 0. The van der Waals surface area contributed by atoms with E-state index in [-0.39, 0.29) is 11.2 Å². The van der Waals surface area contributed by atoms with Crippen LogP contribution in [0, 0.1) is 0 Å². The molecule has 0 spiro atoms. The van der Waals surface area contributed by atoms with E-state index in [1.165, 1.54) is 11.8 Å². The Bertz CT molecular complexity index is 846. The number of hydrogen-bond acceptors (Lipinski definition) is 6. The molecule has 0 bridgehead atoms. The average molecular weight is 341 g/mol. The van der Waals surface area contributed by atoms with Crippen molar-refractivity contribution in [1.29, 1.82) is 0 Å². The molecule has 1 N–H and O–H groups in total. The third-order valence-electron chi connectivity index (χ3n) is 3.88. The molecular formula is C16H15N5O2S. The molecule has 0 unspecified atom stereocenters. The van der Waals surface area contributed by atoms with E-state index in [4.69, 9.17) is 4.42 Å². The molecule has 3 aromatic rings. The summed E-state index contributed by atoms with van der Waals surface area (Å²) in [4.78, 5) is 12.5. The molecule has 4 rings (SSSR count). The van der Waals surface area contributed by atoms with Crippen molar-refractivity contribution in [2.24, 2.45) is 0 Å². The number of nitrogens with zero attached hydrogens (tertiary/aromatic N) is 4. The summed E-state index contributed by atoms with van der Waals surface area (Å²) in [5.74, 6) is 0.749. The lowest BCUT2D eigenvalue weighted by molar-refractivity contribution is -0.115. The molecule has 1 aliphatic heterocycles. The van der Waals surface area contributed by atoms with Gasteiger partial charge in [0.1, 0.15) is 12.3 Å². The van der Waals surface area contributed by atoms with E-state index in [0.29, 0.717) is 11.7 Å². The fourth-order valence-corrected chi connectivity index (χ4v) is 3.62. The predicted molar refractivity (Wildman–Crippen MR) is 88.7 cm³/mol. The average Bonchev–Trinajstić information content (AvgIpc) is 3.22. The first-order chi connectivity index (χ1) is 11.8. The minimum atomic E-state index is -0.237. The lowest BCUT2D eigenvalue weighted by atomic mass is 10.1. The zero-order chi connectivity index (χ0) is 16.4. The number of furan rings is 1. The summed E-state index contributed by atoms with van der Waals surface area (Å²) in [5.41, 5.74) is 2.05. The number of fused-ring (bicyclic) bond motifs is 1. The molecule has 2 aromatic heterocycles. The van der Waals surface area contributed by atoms with Crippen molar-refractivity contribution in [1.82, 2.24) is 20.2 Å². The number of aryl methyl sites for hydroxylation is 1. The van der Waals surface area contributed by atoms with Gasteiger partial charge in [0.05, 0.1) is 11.5 Å². The third kappa shape index (κ3) is 3.05. The summed E-state index contributed by atoms with van der Waals surface area (Å²) in [6.45, 7) is 0.441. The molecule has 122 valence electrons. The van der Waals surface area contributed by atoms with Gasteiger partial charge >= 0.3 is 0 Å². The quantitative estimate of drug-likeness (QED) is 0.784. The van der Waals surface area contributed by atoms with Gasteiger partial charge in [0, 0.05) is 5.69 Å². The Morgan fingerprint density at radius 3 is 3.08 bits per heavy atom. The molecule has 1 amide bonds. The standard InChI is InChI=1S/C16H15N5O2S/c22-15-14(8-7-11-4-1-2-6-13(11)17-15)24-16-18-19-20-21(16)10-12-5-3-9-23-12/h1-6,9,14H,7-8,10H2,(H,17,22)/t14-/m0/s1. The molecule has 1 aromatic carbocycles. The lowest BCUT2D eigenvalue weighted by Crippen LogP contribution is -2.24. The molecule has 1 aliphatic rings. The molecule has 0 radical (unpaired) electrons. The maximum Gasteiger partial charge on any atom is 0.237 e. The number of amides is 1. The minimum Gasteiger partial charge on any atom is -0.467 e. The zero-order valence-electron chi connectivity index (χ0n) is 12.8. The maximum atomic E-state index is 12.5. The monoisotopic (exact) mass is 341 g/mol. The fraction of sp³-hybridized carbons (Fsp3) is 0.250. The van der Waals surface area contributed by atoms with E-state index in [1.807, 2.05) is 36.4 Å². The summed E-state index contributed by atoms with van der Waals surface area (Å²) in [6.07, 6.45) is 3.19. The second-order valence-electron chi connectivity index (χ2n) is 5.49. The first kappa shape index (κ1) is 14.9. The zero-order valence-corrected chi connectivity index (χ0v) is 13.6. The van der Waals surface area contributed by atoms with Crippen LogP contribution in [0.3, 0.4) is 0 Å². The first-order valence-electron chi connectivity index (χ1n) is 7.63. The Kier molecular flexibility index (Phi) is 4.04. The number of tetrazole rings is 1. The molecule has 8 heteroatoms. The number of benzene rings is 1. The molecule has 0 fully saturated rings. The van der Waals surface area contributed by atoms with Crippen molar-refractivity contribution >= 4 is 23.4 Å². The van der Waals surface area contributed by atoms with Gasteiger partial charge < -0.3 is 9.73 Å². The maximum absolute atomic E-state index is 12.5. The molecule has 24 heavy (non-hydrogen) atoms. The van der Waals surface area contributed by atoms with Crippen molar-refractivity contribution in [3.63, 3.8) is 0 Å². The van der Waals surface area contributed by atoms with E-state index in [0.717, 1.165) is 29.9 Å². The van der Waals surface area contributed by atoms with E-state index >= 15 is 0 Å². The summed E-state index contributed by atoms with van der Waals surface area (Å²) < 4.78 is 6.98. The molecule has 0 saturated heterocycles. The van der Waals surface area contributed by atoms with Crippen molar-refractivity contribution in [3.8, 4) is 0 Å². The van der Waals surface area contributed by atoms with Crippen molar-refractivity contribution in [3.05, 3.63) is 54.0 Å².